The van der Waals surface area contributed by atoms with E-state index in [1.807, 2.05) is 0 Å². The van der Waals surface area contributed by atoms with Crippen molar-refractivity contribution in [2.24, 2.45) is 17.6 Å². The Balaban J connectivity index is 1.94. The van der Waals surface area contributed by atoms with E-state index < -0.39 is 5.54 Å². The molecule has 0 amide bonds. The lowest BCUT2D eigenvalue weighted by Gasteiger charge is -2.27. The molecule has 0 aromatic rings. The van der Waals surface area contributed by atoms with Crippen LogP contribution in [0.3, 0.4) is 0 Å². The van der Waals surface area contributed by atoms with Gasteiger partial charge in [-0.3, -0.25) is 0 Å². The van der Waals surface area contributed by atoms with E-state index in [0.717, 1.165) is 31.6 Å². The Bertz CT molecular complexity index is 542. The summed E-state index contributed by atoms with van der Waals surface area (Å²) in [7, 11) is 0. The third kappa shape index (κ3) is 5.69. The molecule has 0 aromatic carbocycles. The topological polar surface area (TPSA) is 46.2 Å². The van der Waals surface area contributed by atoms with Crippen molar-refractivity contribution in [2.45, 2.75) is 77.2 Å². The first-order valence-electron chi connectivity index (χ1n) is 10.1. The Morgan fingerprint density at radius 3 is 2.76 bits per heavy atom. The number of unbranched alkanes of at least 4 members (excludes halogenated alkanes) is 1. The second-order valence-electron chi connectivity index (χ2n) is 8.12. The fraction of sp³-hybridized carbons (Fsp3) is 0.652. The van der Waals surface area contributed by atoms with Gasteiger partial charge >= 0.3 is 0 Å². The van der Waals surface area contributed by atoms with Crippen LogP contribution in [0.15, 0.2) is 47.6 Å². The summed E-state index contributed by atoms with van der Waals surface area (Å²) in [6.45, 7) is 8.81. The van der Waals surface area contributed by atoms with Crippen LogP contribution in [-0.4, -0.2) is 17.3 Å². The summed E-state index contributed by atoms with van der Waals surface area (Å²) in [6, 6.07) is 0. The third-order valence-electron chi connectivity index (χ3n) is 6.03. The molecule has 2 aliphatic rings. The van der Waals surface area contributed by atoms with Crippen LogP contribution in [0.5, 0.6) is 0 Å². The molecule has 0 aliphatic heterocycles. The summed E-state index contributed by atoms with van der Waals surface area (Å²) in [4.78, 5) is 0. The van der Waals surface area contributed by atoms with Gasteiger partial charge in [0, 0.05) is 5.54 Å². The van der Waals surface area contributed by atoms with E-state index in [1.165, 1.54) is 48.8 Å². The van der Waals surface area contributed by atoms with Crippen molar-refractivity contribution < 1.29 is 5.11 Å². The first kappa shape index (κ1) is 20.2. The summed E-state index contributed by atoms with van der Waals surface area (Å²) in [5, 5.41) is 9.48. The molecular weight excluding hydrogens is 306 g/mol. The minimum Gasteiger partial charge on any atom is -0.394 e. The standard InChI is InChI=1S/C23H37NO/c1-4-6-7-8-9-19-10-11-21(20(5-2)15-19)14-18(3)22-12-13-23(24,16-22)17-25/h5,7-8,14,19,22,25H,3-4,6,9-13,15-17,24H2,1-2H3/b8-7+,20-5-,21-14-/t19-,22+,23-/m1/s1. The Hall–Kier alpha value is -1.12. The lowest BCUT2D eigenvalue weighted by Crippen LogP contribution is -2.40. The molecule has 0 heterocycles. The highest BCUT2D eigenvalue weighted by atomic mass is 16.3. The van der Waals surface area contributed by atoms with Crippen molar-refractivity contribution in [2.75, 3.05) is 6.61 Å². The second-order valence-corrected chi connectivity index (χ2v) is 8.12. The number of aliphatic hydroxyl groups excluding tert-OH is 1. The Labute approximate surface area is 154 Å². The predicted octanol–water partition coefficient (Wildman–Crippen LogP) is 5.45. The summed E-state index contributed by atoms with van der Waals surface area (Å²) >= 11 is 0. The van der Waals surface area contributed by atoms with Gasteiger partial charge in [0.1, 0.15) is 0 Å². The number of nitrogens with two attached hydrogens (primary N) is 1. The van der Waals surface area contributed by atoms with Gasteiger partial charge in [-0.15, -0.1) is 0 Å². The molecule has 2 nitrogen and oxygen atoms in total. The van der Waals surface area contributed by atoms with E-state index in [-0.39, 0.29) is 6.61 Å². The van der Waals surface area contributed by atoms with Gasteiger partial charge < -0.3 is 10.8 Å². The van der Waals surface area contributed by atoms with Crippen LogP contribution < -0.4 is 5.73 Å². The second kappa shape index (κ2) is 9.54. The smallest absolute Gasteiger partial charge is 0.0611 e. The minimum absolute atomic E-state index is 0.0840. The Kier molecular flexibility index (Phi) is 7.71. The molecule has 0 spiro atoms. The van der Waals surface area contributed by atoms with E-state index in [2.05, 4.69) is 44.7 Å². The van der Waals surface area contributed by atoms with Crippen LogP contribution in [0.1, 0.15) is 71.6 Å². The van der Waals surface area contributed by atoms with Crippen molar-refractivity contribution in [1.29, 1.82) is 0 Å². The SMILES string of the molecule is C=C(/C=C1/CC[C@@H](C/C=C/CCC)C/C1=C/C)[C@H]1CC[C@](N)(CO)C1. The summed E-state index contributed by atoms with van der Waals surface area (Å²) in [5.41, 5.74) is 10.0. The lowest BCUT2D eigenvalue weighted by atomic mass is 9.79. The van der Waals surface area contributed by atoms with Crippen molar-refractivity contribution in [1.82, 2.24) is 0 Å². The van der Waals surface area contributed by atoms with E-state index in [1.54, 1.807) is 0 Å². The molecule has 0 saturated heterocycles. The van der Waals surface area contributed by atoms with Crippen LogP contribution in [0.25, 0.3) is 0 Å². The maximum Gasteiger partial charge on any atom is 0.0611 e. The summed E-state index contributed by atoms with van der Waals surface area (Å²) in [6.07, 6.45) is 19.4. The predicted molar refractivity (Wildman–Crippen MR) is 108 cm³/mol. The van der Waals surface area contributed by atoms with Gasteiger partial charge in [0.25, 0.3) is 0 Å². The van der Waals surface area contributed by atoms with Crippen LogP contribution in [0.4, 0.5) is 0 Å². The van der Waals surface area contributed by atoms with Crippen molar-refractivity contribution in [3.8, 4) is 0 Å². The Morgan fingerprint density at radius 1 is 1.32 bits per heavy atom. The van der Waals surface area contributed by atoms with Gasteiger partial charge in [-0.05, 0) is 81.3 Å². The normalized spacial score (nSPS) is 33.6. The average molecular weight is 344 g/mol. The first-order chi connectivity index (χ1) is 12.0. The van der Waals surface area contributed by atoms with Crippen LogP contribution in [0, 0.1) is 11.8 Å². The fourth-order valence-electron chi connectivity index (χ4n) is 4.27. The van der Waals surface area contributed by atoms with Gasteiger partial charge in [-0.2, -0.15) is 0 Å². The van der Waals surface area contributed by atoms with Gasteiger partial charge in [-0.1, -0.05) is 49.8 Å². The molecule has 2 heteroatoms. The zero-order valence-electron chi connectivity index (χ0n) is 16.3. The number of hydrogen-bond donors (Lipinski definition) is 2. The van der Waals surface area contributed by atoms with Crippen molar-refractivity contribution in [3.63, 3.8) is 0 Å². The number of aliphatic hydroxyl groups is 1. The number of rotatable bonds is 7. The molecule has 0 unspecified atom stereocenters. The molecule has 25 heavy (non-hydrogen) atoms. The van der Waals surface area contributed by atoms with Crippen LogP contribution in [-0.2, 0) is 0 Å². The number of hydrogen-bond acceptors (Lipinski definition) is 2. The van der Waals surface area contributed by atoms with Crippen molar-refractivity contribution in [3.05, 3.63) is 47.6 Å². The highest BCUT2D eigenvalue weighted by molar-refractivity contribution is 5.39. The minimum atomic E-state index is -0.391. The quantitative estimate of drug-likeness (QED) is 0.604. The van der Waals surface area contributed by atoms with Crippen molar-refractivity contribution >= 4 is 0 Å². The number of allylic oxidation sites excluding steroid dienone is 7. The monoisotopic (exact) mass is 343 g/mol. The van der Waals surface area contributed by atoms with E-state index in [0.29, 0.717) is 5.92 Å². The van der Waals surface area contributed by atoms with Crippen LogP contribution >= 0.6 is 0 Å². The largest absolute Gasteiger partial charge is 0.394 e. The first-order valence-corrected chi connectivity index (χ1v) is 10.1. The van der Waals surface area contributed by atoms with Gasteiger partial charge in [0.15, 0.2) is 0 Å². The van der Waals surface area contributed by atoms with E-state index >= 15 is 0 Å². The van der Waals surface area contributed by atoms with Gasteiger partial charge in [0.2, 0.25) is 0 Å². The summed E-state index contributed by atoms with van der Waals surface area (Å²) in [5.74, 6) is 1.21. The molecule has 2 saturated carbocycles. The molecule has 140 valence electrons. The molecule has 0 radical (unpaired) electrons. The third-order valence-corrected chi connectivity index (χ3v) is 6.03. The van der Waals surface area contributed by atoms with E-state index in [9.17, 15) is 5.11 Å². The molecule has 3 N–H and O–H groups in total. The highest BCUT2D eigenvalue weighted by Crippen LogP contribution is 2.40. The maximum atomic E-state index is 9.48. The van der Waals surface area contributed by atoms with E-state index in [4.69, 9.17) is 5.73 Å². The molecule has 3 atom stereocenters. The average Bonchev–Trinajstić information content (AvgIpc) is 3.03. The van der Waals surface area contributed by atoms with Gasteiger partial charge in [-0.25, -0.2) is 0 Å². The molecule has 2 aliphatic carbocycles. The molecular formula is C23H37NO. The molecule has 0 aromatic heterocycles. The highest BCUT2D eigenvalue weighted by Gasteiger charge is 2.36. The molecule has 0 bridgehead atoms. The molecule has 2 fully saturated rings. The zero-order valence-corrected chi connectivity index (χ0v) is 16.3. The van der Waals surface area contributed by atoms with Crippen LogP contribution in [0.2, 0.25) is 0 Å². The Morgan fingerprint density at radius 2 is 2.12 bits per heavy atom. The van der Waals surface area contributed by atoms with Gasteiger partial charge in [0.05, 0.1) is 6.61 Å². The zero-order chi connectivity index (χ0) is 18.3. The molecule has 2 rings (SSSR count). The maximum absolute atomic E-state index is 9.48. The summed E-state index contributed by atoms with van der Waals surface area (Å²) < 4.78 is 0. The lowest BCUT2D eigenvalue weighted by molar-refractivity contribution is 0.197. The fourth-order valence-corrected chi connectivity index (χ4v) is 4.27.